The van der Waals surface area contributed by atoms with Gasteiger partial charge in [0.15, 0.2) is 0 Å². The summed E-state index contributed by atoms with van der Waals surface area (Å²) in [7, 11) is 0. The lowest BCUT2D eigenvalue weighted by molar-refractivity contribution is -0.140. The molecule has 5 rings (SSSR count). The van der Waals surface area contributed by atoms with Crippen LogP contribution in [-0.2, 0) is 16.1 Å². The molecule has 2 aromatic carbocycles. The Balaban J connectivity index is 1.64. The summed E-state index contributed by atoms with van der Waals surface area (Å²) >= 11 is 1.45. The number of aliphatic hydroxyl groups is 1. The number of pyridine rings is 1. The number of amides is 1. The van der Waals surface area contributed by atoms with Gasteiger partial charge in [0.1, 0.15) is 11.8 Å². The molecular weight excluding hydrogens is 408 g/mol. The number of likely N-dealkylation sites (tertiary alicyclic amines) is 1. The second-order valence-corrected chi connectivity index (χ2v) is 8.30. The van der Waals surface area contributed by atoms with Gasteiger partial charge in [0.05, 0.1) is 17.8 Å². The van der Waals surface area contributed by atoms with Crippen LogP contribution in [0.5, 0.6) is 0 Å². The summed E-state index contributed by atoms with van der Waals surface area (Å²) in [5, 5.41) is 15.1. The molecule has 31 heavy (non-hydrogen) atoms. The van der Waals surface area contributed by atoms with Gasteiger partial charge in [-0.1, -0.05) is 48.5 Å². The van der Waals surface area contributed by atoms with E-state index >= 15 is 0 Å². The van der Waals surface area contributed by atoms with Crippen LogP contribution in [0, 0.1) is 0 Å². The van der Waals surface area contributed by atoms with E-state index in [2.05, 4.69) is 4.98 Å². The molecule has 1 aliphatic heterocycles. The normalized spacial score (nSPS) is 18.1. The molecule has 6 heteroatoms. The van der Waals surface area contributed by atoms with Crippen LogP contribution in [0.25, 0.3) is 16.5 Å². The van der Waals surface area contributed by atoms with E-state index in [9.17, 15) is 14.7 Å². The van der Waals surface area contributed by atoms with Gasteiger partial charge in [0.2, 0.25) is 0 Å². The fourth-order valence-electron chi connectivity index (χ4n) is 3.94. The number of nitrogens with zero attached hydrogens (tertiary/aromatic N) is 2. The van der Waals surface area contributed by atoms with Crippen LogP contribution in [0.2, 0.25) is 0 Å². The van der Waals surface area contributed by atoms with Gasteiger partial charge in [-0.2, -0.15) is 0 Å². The predicted octanol–water partition coefficient (Wildman–Crippen LogP) is 4.92. The van der Waals surface area contributed by atoms with Gasteiger partial charge in [0, 0.05) is 16.6 Å². The average molecular weight is 426 g/mol. The van der Waals surface area contributed by atoms with Crippen LogP contribution in [0.15, 0.2) is 89.9 Å². The highest BCUT2D eigenvalue weighted by molar-refractivity contribution is 7.10. The number of Topliss-reactive ketones (excluding diaryl/α,β-unsaturated/α-hetero) is 1. The molecule has 0 radical (unpaired) electrons. The highest BCUT2D eigenvalue weighted by Gasteiger charge is 2.46. The van der Waals surface area contributed by atoms with Gasteiger partial charge < -0.3 is 10.0 Å². The maximum Gasteiger partial charge on any atom is 0.296 e. The standard InChI is InChI=1S/C25H18N2O3S/c28-23(18-11-10-16-6-1-2-7-17(16)14-18)21-22(20-9-5-13-31-20)27(25(30)24(21)29)15-19-8-3-4-12-26-19/h1-14,22,28H,15H2/b23-21-. The van der Waals surface area contributed by atoms with E-state index in [1.807, 2.05) is 66.0 Å². The molecule has 1 fully saturated rings. The van der Waals surface area contributed by atoms with E-state index in [0.29, 0.717) is 11.3 Å². The quantitative estimate of drug-likeness (QED) is 0.286. The molecule has 5 nitrogen and oxygen atoms in total. The van der Waals surface area contributed by atoms with E-state index in [4.69, 9.17) is 0 Å². The summed E-state index contributed by atoms with van der Waals surface area (Å²) in [6, 6.07) is 21.8. The van der Waals surface area contributed by atoms with Crippen molar-refractivity contribution in [1.82, 2.24) is 9.88 Å². The lowest BCUT2D eigenvalue weighted by atomic mass is 9.98. The third-order valence-corrected chi connectivity index (χ3v) is 6.36. The predicted molar refractivity (Wildman–Crippen MR) is 120 cm³/mol. The Kier molecular flexibility index (Phi) is 4.84. The molecular formula is C25H18N2O3S. The van der Waals surface area contributed by atoms with Gasteiger partial charge in [-0.25, -0.2) is 0 Å². The van der Waals surface area contributed by atoms with Crippen LogP contribution in [0.3, 0.4) is 0 Å². The molecule has 1 aliphatic rings. The highest BCUT2D eigenvalue weighted by atomic mass is 32.1. The Hall–Kier alpha value is -3.77. The maximum atomic E-state index is 13.1. The first kappa shape index (κ1) is 19.2. The molecule has 152 valence electrons. The number of hydrogen-bond acceptors (Lipinski definition) is 5. The van der Waals surface area contributed by atoms with Gasteiger partial charge >= 0.3 is 0 Å². The Bertz CT molecular complexity index is 1310. The van der Waals surface area contributed by atoms with Gasteiger partial charge in [-0.3, -0.25) is 14.6 Å². The van der Waals surface area contributed by atoms with Crippen LogP contribution in [0.4, 0.5) is 0 Å². The second-order valence-electron chi connectivity index (χ2n) is 7.33. The molecule has 1 N–H and O–H groups in total. The summed E-state index contributed by atoms with van der Waals surface area (Å²) in [5.41, 5.74) is 1.30. The topological polar surface area (TPSA) is 70.5 Å². The van der Waals surface area contributed by atoms with Crippen molar-refractivity contribution in [2.45, 2.75) is 12.6 Å². The smallest absolute Gasteiger partial charge is 0.296 e. The van der Waals surface area contributed by atoms with E-state index in [1.54, 1.807) is 18.3 Å². The largest absolute Gasteiger partial charge is 0.507 e. The monoisotopic (exact) mass is 426 g/mol. The molecule has 1 unspecified atom stereocenters. The molecule has 0 spiro atoms. The molecule has 0 saturated carbocycles. The number of carbonyl (C=O) groups excluding carboxylic acids is 2. The maximum absolute atomic E-state index is 13.1. The molecule has 2 aromatic heterocycles. The van der Waals surface area contributed by atoms with Crippen molar-refractivity contribution in [2.75, 3.05) is 0 Å². The lowest BCUT2D eigenvalue weighted by Gasteiger charge is -2.23. The second kappa shape index (κ2) is 7.81. The van der Waals surface area contributed by atoms with E-state index < -0.39 is 17.7 Å². The van der Waals surface area contributed by atoms with Crippen molar-refractivity contribution in [3.63, 3.8) is 0 Å². The van der Waals surface area contributed by atoms with Crippen molar-refractivity contribution in [2.24, 2.45) is 0 Å². The first-order chi connectivity index (χ1) is 15.1. The van der Waals surface area contributed by atoms with Crippen LogP contribution < -0.4 is 0 Å². The summed E-state index contributed by atoms with van der Waals surface area (Å²) in [6.07, 6.45) is 1.65. The number of hydrogen-bond donors (Lipinski definition) is 1. The summed E-state index contributed by atoms with van der Waals surface area (Å²) in [5.74, 6) is -1.47. The van der Waals surface area contributed by atoms with E-state index in [1.165, 1.54) is 16.2 Å². The van der Waals surface area contributed by atoms with Crippen molar-refractivity contribution < 1.29 is 14.7 Å². The number of aliphatic hydroxyl groups excluding tert-OH is 1. The number of thiophene rings is 1. The van der Waals surface area contributed by atoms with Crippen LogP contribution in [-0.4, -0.2) is 26.7 Å². The number of rotatable bonds is 4. The van der Waals surface area contributed by atoms with Crippen LogP contribution in [0.1, 0.15) is 22.2 Å². The minimum atomic E-state index is -0.681. The first-order valence-electron chi connectivity index (χ1n) is 9.84. The molecule has 0 aliphatic carbocycles. The third-order valence-electron chi connectivity index (χ3n) is 5.43. The molecule has 4 aromatic rings. The van der Waals surface area contributed by atoms with Crippen molar-refractivity contribution in [1.29, 1.82) is 0 Å². The highest BCUT2D eigenvalue weighted by Crippen LogP contribution is 2.41. The lowest BCUT2D eigenvalue weighted by Crippen LogP contribution is -2.29. The number of fused-ring (bicyclic) bond motifs is 1. The number of benzene rings is 2. The Morgan fingerprint density at radius 2 is 1.77 bits per heavy atom. The minimum absolute atomic E-state index is 0.110. The van der Waals surface area contributed by atoms with Crippen molar-refractivity contribution >= 4 is 39.6 Å². The molecule has 3 heterocycles. The summed E-state index contributed by atoms with van der Waals surface area (Å²) in [4.78, 5) is 32.7. The Morgan fingerprint density at radius 3 is 2.52 bits per heavy atom. The molecule has 1 atom stereocenters. The molecule has 1 amide bonds. The number of ketones is 1. The summed E-state index contributed by atoms with van der Waals surface area (Å²) in [6.45, 7) is 0.183. The van der Waals surface area contributed by atoms with Gasteiger partial charge in [0.25, 0.3) is 11.7 Å². The fourth-order valence-corrected chi connectivity index (χ4v) is 4.79. The first-order valence-corrected chi connectivity index (χ1v) is 10.7. The van der Waals surface area contributed by atoms with Gasteiger partial charge in [-0.15, -0.1) is 11.3 Å². The van der Waals surface area contributed by atoms with Crippen LogP contribution >= 0.6 is 11.3 Å². The minimum Gasteiger partial charge on any atom is -0.507 e. The zero-order valence-corrected chi connectivity index (χ0v) is 17.3. The van der Waals surface area contributed by atoms with Crippen molar-refractivity contribution in [3.05, 3.63) is 106 Å². The van der Waals surface area contributed by atoms with E-state index in [0.717, 1.165) is 15.6 Å². The summed E-state index contributed by atoms with van der Waals surface area (Å²) < 4.78 is 0. The molecule has 1 saturated heterocycles. The van der Waals surface area contributed by atoms with Gasteiger partial charge in [-0.05, 0) is 40.4 Å². The molecule has 0 bridgehead atoms. The zero-order chi connectivity index (χ0) is 21.4. The van der Waals surface area contributed by atoms with Crippen molar-refractivity contribution in [3.8, 4) is 0 Å². The number of carbonyl (C=O) groups is 2. The Morgan fingerprint density at radius 1 is 0.968 bits per heavy atom. The fraction of sp³-hybridized carbons (Fsp3) is 0.0800. The number of aromatic nitrogens is 1. The zero-order valence-electron chi connectivity index (χ0n) is 16.4. The Labute approximate surface area is 182 Å². The van der Waals surface area contributed by atoms with E-state index in [-0.39, 0.29) is 17.9 Å². The third kappa shape index (κ3) is 3.41. The average Bonchev–Trinajstić information content (AvgIpc) is 3.42. The SMILES string of the molecule is O=C1C(=O)N(Cc2ccccn2)C(c2cccs2)/C1=C(/O)c1ccc2ccccc2c1.